The van der Waals surface area contributed by atoms with Crippen LogP contribution in [0.15, 0.2) is 42.5 Å². The Labute approximate surface area is 177 Å². The fourth-order valence-electron chi connectivity index (χ4n) is 4.14. The monoisotopic (exact) mass is 431 g/mol. The first-order valence-electron chi connectivity index (χ1n) is 9.97. The Hall–Kier alpha value is -2.87. The molecule has 30 heavy (non-hydrogen) atoms. The van der Waals surface area contributed by atoms with Gasteiger partial charge in [0.1, 0.15) is 11.5 Å². The Kier molecular flexibility index (Phi) is 7.25. The Morgan fingerprint density at radius 3 is 1.87 bits per heavy atom. The van der Waals surface area contributed by atoms with Crippen molar-refractivity contribution in [2.75, 3.05) is 0 Å². The summed E-state index contributed by atoms with van der Waals surface area (Å²) < 4.78 is 12.2. The van der Waals surface area contributed by atoms with E-state index in [1.165, 1.54) is 6.07 Å². The van der Waals surface area contributed by atoms with Gasteiger partial charge >= 0.3 is 11.7 Å². The standard InChI is InChI=1S/C22H29NO6Si/c1-14(2)30(15(3)4,16(5)6)29-19-10-8-18(9-11-19)28-21-13-17(22(24)25)7-12-20(21)23(26)27/h7-16H,1-6H3,(H,24,25). The quantitative estimate of drug-likeness (QED) is 0.271. The van der Waals surface area contributed by atoms with Crippen LogP contribution in [0.4, 0.5) is 5.69 Å². The lowest BCUT2D eigenvalue weighted by Crippen LogP contribution is -2.50. The van der Waals surface area contributed by atoms with E-state index >= 15 is 0 Å². The van der Waals surface area contributed by atoms with Crippen LogP contribution < -0.4 is 9.16 Å². The third-order valence-corrected chi connectivity index (χ3v) is 11.5. The highest BCUT2D eigenvalue weighted by Crippen LogP contribution is 2.43. The average Bonchev–Trinajstić information content (AvgIpc) is 2.66. The molecule has 0 aromatic heterocycles. The van der Waals surface area contributed by atoms with Crippen LogP contribution in [0.1, 0.15) is 51.9 Å². The highest BCUT2D eigenvalue weighted by molar-refractivity contribution is 6.78. The maximum absolute atomic E-state index is 11.3. The predicted molar refractivity (Wildman–Crippen MR) is 118 cm³/mol. The van der Waals surface area contributed by atoms with Crippen LogP contribution in [0, 0.1) is 10.1 Å². The summed E-state index contributed by atoms with van der Waals surface area (Å²) in [6, 6.07) is 10.4. The van der Waals surface area contributed by atoms with E-state index in [-0.39, 0.29) is 17.0 Å². The number of nitro benzene ring substituents is 1. The van der Waals surface area contributed by atoms with Gasteiger partial charge in [0.05, 0.1) is 10.5 Å². The largest absolute Gasteiger partial charge is 0.543 e. The summed E-state index contributed by atoms with van der Waals surface area (Å²) in [5.41, 5.74) is 0.891. The third-order valence-electron chi connectivity index (χ3n) is 5.46. The van der Waals surface area contributed by atoms with E-state index < -0.39 is 19.2 Å². The number of nitrogens with zero attached hydrogens (tertiary/aromatic N) is 1. The van der Waals surface area contributed by atoms with E-state index in [4.69, 9.17) is 14.3 Å². The van der Waals surface area contributed by atoms with Crippen molar-refractivity contribution in [2.45, 2.75) is 58.2 Å². The topological polar surface area (TPSA) is 98.9 Å². The summed E-state index contributed by atoms with van der Waals surface area (Å²) in [6.07, 6.45) is 0. The molecule has 0 spiro atoms. The van der Waals surface area contributed by atoms with Crippen molar-refractivity contribution in [1.29, 1.82) is 0 Å². The molecule has 0 unspecified atom stereocenters. The number of hydrogen-bond donors (Lipinski definition) is 1. The lowest BCUT2D eigenvalue weighted by molar-refractivity contribution is -0.385. The van der Waals surface area contributed by atoms with Gasteiger partial charge in [-0.3, -0.25) is 10.1 Å². The van der Waals surface area contributed by atoms with Crippen molar-refractivity contribution in [2.24, 2.45) is 0 Å². The van der Waals surface area contributed by atoms with Crippen molar-refractivity contribution in [3.8, 4) is 17.2 Å². The van der Waals surface area contributed by atoms with E-state index in [2.05, 4.69) is 41.5 Å². The summed E-state index contributed by atoms with van der Waals surface area (Å²) in [7, 11) is -2.10. The highest BCUT2D eigenvalue weighted by Gasteiger charge is 2.46. The fraction of sp³-hybridized carbons (Fsp3) is 0.409. The molecular weight excluding hydrogens is 402 g/mol. The second-order valence-electron chi connectivity index (χ2n) is 8.24. The van der Waals surface area contributed by atoms with Gasteiger partial charge in [-0.2, -0.15) is 0 Å². The van der Waals surface area contributed by atoms with E-state index in [0.29, 0.717) is 22.4 Å². The fourth-order valence-corrected chi connectivity index (χ4v) is 9.39. The van der Waals surface area contributed by atoms with Crippen molar-refractivity contribution >= 4 is 20.0 Å². The molecule has 0 saturated carbocycles. The van der Waals surface area contributed by atoms with Gasteiger partial charge in [-0.15, -0.1) is 0 Å². The number of ether oxygens (including phenoxy) is 1. The lowest BCUT2D eigenvalue weighted by atomic mass is 10.2. The Morgan fingerprint density at radius 1 is 0.933 bits per heavy atom. The number of carboxylic acids is 1. The molecule has 0 amide bonds. The number of carboxylic acid groups (broad SMARTS) is 1. The second-order valence-corrected chi connectivity index (χ2v) is 13.6. The number of rotatable bonds is 9. The van der Waals surface area contributed by atoms with E-state index in [1.807, 2.05) is 0 Å². The number of aromatic carboxylic acids is 1. The van der Waals surface area contributed by atoms with Gasteiger partial charge in [-0.05, 0) is 47.0 Å². The number of nitro groups is 1. The van der Waals surface area contributed by atoms with Crippen molar-refractivity contribution < 1.29 is 24.0 Å². The summed E-state index contributed by atoms with van der Waals surface area (Å²) in [6.45, 7) is 13.2. The molecule has 2 rings (SSSR count). The Balaban J connectivity index is 2.32. The van der Waals surface area contributed by atoms with Crippen LogP contribution in [0.2, 0.25) is 16.6 Å². The van der Waals surface area contributed by atoms with Gasteiger partial charge in [0.25, 0.3) is 8.32 Å². The van der Waals surface area contributed by atoms with Gasteiger partial charge in [-0.1, -0.05) is 41.5 Å². The first-order valence-corrected chi connectivity index (χ1v) is 12.1. The number of hydrogen-bond acceptors (Lipinski definition) is 5. The van der Waals surface area contributed by atoms with Gasteiger partial charge in [0.15, 0.2) is 0 Å². The molecule has 1 N–H and O–H groups in total. The number of carbonyl (C=O) groups is 1. The minimum Gasteiger partial charge on any atom is -0.543 e. The maximum atomic E-state index is 11.3. The smallest absolute Gasteiger partial charge is 0.335 e. The van der Waals surface area contributed by atoms with Crippen LogP contribution in [0.5, 0.6) is 17.2 Å². The molecule has 7 nitrogen and oxygen atoms in total. The first kappa shape index (κ1) is 23.4. The van der Waals surface area contributed by atoms with E-state index in [1.54, 1.807) is 24.3 Å². The van der Waals surface area contributed by atoms with Crippen LogP contribution >= 0.6 is 0 Å². The minimum absolute atomic E-state index is 0.0860. The molecule has 8 heteroatoms. The summed E-state index contributed by atoms with van der Waals surface area (Å²) >= 11 is 0. The van der Waals surface area contributed by atoms with Gasteiger partial charge < -0.3 is 14.3 Å². The molecule has 0 aliphatic carbocycles. The molecule has 0 heterocycles. The van der Waals surface area contributed by atoms with Crippen molar-refractivity contribution in [3.05, 3.63) is 58.1 Å². The molecule has 2 aromatic rings. The van der Waals surface area contributed by atoms with Crippen LogP contribution in [-0.2, 0) is 0 Å². The Bertz CT molecular complexity index is 887. The average molecular weight is 432 g/mol. The van der Waals surface area contributed by atoms with Crippen molar-refractivity contribution in [1.82, 2.24) is 0 Å². The highest BCUT2D eigenvalue weighted by atomic mass is 28.4. The zero-order chi connectivity index (χ0) is 22.6. The van der Waals surface area contributed by atoms with Gasteiger partial charge in [-0.25, -0.2) is 4.79 Å². The van der Waals surface area contributed by atoms with E-state index in [9.17, 15) is 14.9 Å². The van der Waals surface area contributed by atoms with E-state index in [0.717, 1.165) is 17.9 Å². The summed E-state index contributed by atoms with van der Waals surface area (Å²) in [5, 5.41) is 20.4. The maximum Gasteiger partial charge on any atom is 0.335 e. The lowest BCUT2D eigenvalue weighted by Gasteiger charge is -2.42. The molecule has 0 aliphatic heterocycles. The summed E-state index contributed by atoms with van der Waals surface area (Å²) in [4.78, 5) is 21.8. The van der Waals surface area contributed by atoms with Gasteiger partial charge in [0.2, 0.25) is 5.75 Å². The SMILES string of the molecule is CC(C)[Si](Oc1ccc(Oc2cc(C(=O)O)ccc2[N+](=O)[O-])cc1)(C(C)C)C(C)C. The molecule has 0 saturated heterocycles. The molecule has 162 valence electrons. The molecule has 0 fully saturated rings. The molecule has 0 atom stereocenters. The zero-order valence-corrected chi connectivity index (χ0v) is 19.2. The normalized spacial score (nSPS) is 11.8. The number of benzene rings is 2. The second kappa shape index (κ2) is 9.29. The van der Waals surface area contributed by atoms with Crippen LogP contribution in [-0.4, -0.2) is 24.3 Å². The first-order chi connectivity index (χ1) is 14.0. The molecule has 0 aliphatic rings. The third kappa shape index (κ3) is 4.81. The minimum atomic E-state index is -2.10. The predicted octanol–water partition coefficient (Wildman–Crippen LogP) is 6.64. The molecule has 0 radical (unpaired) electrons. The Morgan fingerprint density at radius 2 is 1.43 bits per heavy atom. The van der Waals surface area contributed by atoms with Crippen molar-refractivity contribution in [3.63, 3.8) is 0 Å². The molecular formula is C22H29NO6Si. The van der Waals surface area contributed by atoms with Crippen LogP contribution in [0.25, 0.3) is 0 Å². The van der Waals surface area contributed by atoms with Gasteiger partial charge in [0, 0.05) is 12.1 Å². The molecule has 2 aromatic carbocycles. The zero-order valence-electron chi connectivity index (χ0n) is 18.2. The summed E-state index contributed by atoms with van der Waals surface area (Å²) in [5.74, 6) is -0.211. The van der Waals surface area contributed by atoms with Crippen LogP contribution in [0.3, 0.4) is 0 Å². The molecule has 0 bridgehead atoms.